The molecule has 0 aliphatic carbocycles. The van der Waals surface area contributed by atoms with Crippen LogP contribution < -0.4 is 15.4 Å². The number of nitrogens with one attached hydrogen (secondary N) is 2. The van der Waals surface area contributed by atoms with E-state index in [0.29, 0.717) is 28.7 Å². The Hall–Kier alpha value is -4.47. The number of aliphatic hydroxyl groups is 2. The molecule has 1 aliphatic rings. The molecule has 0 saturated carbocycles. The average molecular weight is 1180 g/mol. The molecule has 15 heteroatoms. The number of esters is 1. The molecule has 7 atom stereocenters. The van der Waals surface area contributed by atoms with Gasteiger partial charge in [0.2, 0.25) is 0 Å². The summed E-state index contributed by atoms with van der Waals surface area (Å²) in [6.45, 7) is 16.4. The molecule has 0 aromatic heterocycles. The van der Waals surface area contributed by atoms with Gasteiger partial charge in [-0.05, 0) is 17.7 Å². The molecular weight excluding hydrogens is 1100 g/mol. The van der Waals surface area contributed by atoms with Crippen molar-refractivity contribution >= 4 is 71.1 Å². The molecular formula is C60H83Cl2N3O9Sn. The van der Waals surface area contributed by atoms with E-state index < -0.39 is 89.8 Å². The second kappa shape index (κ2) is 30.5. The van der Waals surface area contributed by atoms with Gasteiger partial charge in [-0.2, -0.15) is 0 Å². The third-order valence-corrected chi connectivity index (χ3v) is 31.2. The van der Waals surface area contributed by atoms with E-state index in [0.717, 1.165) is 55.4 Å². The molecule has 1 heterocycles. The number of Topliss-reactive ketones (excluding diaryl/α,β-unsaturated/α-hetero) is 1. The van der Waals surface area contributed by atoms with Crippen molar-refractivity contribution in [2.24, 2.45) is 11.8 Å². The Morgan fingerprint density at radius 1 is 0.880 bits per heavy atom. The molecule has 0 spiro atoms. The number of nitrogens with zero attached hydrogens (tertiary/aromatic N) is 1. The Bertz CT molecular complexity index is 2410. The fourth-order valence-electron chi connectivity index (χ4n) is 9.87. The number of cyclic esters (lactones) is 1. The standard InChI is InChI=1S/C48H56Cl2N3O9.3C4H9.Sn/c1-8-29(2)40-45(57)51-38(27-32-25-36(49)42(37(50)26-32)61-28-39(55)33-18-11-9-12-19-33)44(56)52-43(48(5,6)60)47(59)62-41(34-20-13-10-14-21-34)30(3)17-15-16-22-35(54)24-23-31(4)46(58)53(40)7;3*1-3-4-2;/h9-21,23,25-26,29-30,35,38,40-41,43,54,60H,8,24,27-28H2,1-7H3,(H,51,57)(H,52,56);3*1,3-4H2,2H3;/b17-15+,22-16?,31-23+;;;;/t29-,30+,35-,38+,40-,41-,43+;;;;/m0..../s1. The second-order valence-electron chi connectivity index (χ2n) is 20.9. The first-order valence-electron chi connectivity index (χ1n) is 26.9. The summed E-state index contributed by atoms with van der Waals surface area (Å²) in [5.74, 6) is -3.90. The Morgan fingerprint density at radius 2 is 1.44 bits per heavy atom. The summed E-state index contributed by atoms with van der Waals surface area (Å²) in [6.07, 6.45) is 12.9. The number of amides is 3. The fraction of sp³-hybridized carbons (Fsp3) is 0.517. The van der Waals surface area contributed by atoms with Crippen LogP contribution in [0.3, 0.4) is 0 Å². The third-order valence-electron chi connectivity index (χ3n) is 14.5. The van der Waals surface area contributed by atoms with Crippen molar-refractivity contribution in [3.8, 4) is 5.75 Å². The van der Waals surface area contributed by atoms with Gasteiger partial charge in [-0.3, -0.25) is 4.79 Å². The Labute approximate surface area is 461 Å². The van der Waals surface area contributed by atoms with Crippen molar-refractivity contribution in [3.05, 3.63) is 133 Å². The molecule has 4 N–H and O–H groups in total. The minimum absolute atomic E-state index is 0.0375. The van der Waals surface area contributed by atoms with Crippen LogP contribution in [0.1, 0.15) is 141 Å². The maximum atomic E-state index is 14.8. The molecule has 4 rings (SSSR count). The Balaban J connectivity index is 1.90. The van der Waals surface area contributed by atoms with Crippen molar-refractivity contribution in [1.82, 2.24) is 15.5 Å². The predicted molar refractivity (Wildman–Crippen MR) is 304 cm³/mol. The number of ether oxygens (including phenoxy) is 2. The van der Waals surface area contributed by atoms with E-state index in [1.807, 2.05) is 63.3 Å². The fourth-order valence-corrected chi connectivity index (χ4v) is 27.6. The van der Waals surface area contributed by atoms with E-state index in [4.69, 9.17) is 32.7 Å². The molecule has 0 saturated heterocycles. The zero-order valence-corrected chi connectivity index (χ0v) is 50.3. The monoisotopic (exact) mass is 1180 g/mol. The van der Waals surface area contributed by atoms with Gasteiger partial charge < -0.3 is 4.74 Å². The summed E-state index contributed by atoms with van der Waals surface area (Å²) in [6, 6.07) is 16.7. The zero-order chi connectivity index (χ0) is 55.5. The topological polar surface area (TPSA) is 172 Å². The van der Waals surface area contributed by atoms with E-state index in [9.17, 15) is 34.2 Å². The molecule has 3 aromatic rings. The van der Waals surface area contributed by atoms with Gasteiger partial charge >= 0.3 is 349 Å². The number of ketones is 1. The second-order valence-corrected chi connectivity index (χ2v) is 35.0. The van der Waals surface area contributed by atoms with Gasteiger partial charge in [0.1, 0.15) is 0 Å². The van der Waals surface area contributed by atoms with Crippen LogP contribution in [0, 0.1) is 11.8 Å². The first-order valence-corrected chi connectivity index (χ1v) is 35.1. The van der Waals surface area contributed by atoms with E-state index in [2.05, 4.69) is 37.5 Å². The first-order chi connectivity index (χ1) is 35.6. The van der Waals surface area contributed by atoms with Crippen LogP contribution in [-0.2, 0) is 30.3 Å². The normalized spacial score (nSPS) is 23.3. The van der Waals surface area contributed by atoms with Gasteiger partial charge in [-0.1, -0.05) is 53.5 Å². The summed E-state index contributed by atoms with van der Waals surface area (Å²) < 4.78 is 16.6. The number of benzene rings is 3. The van der Waals surface area contributed by atoms with E-state index in [1.165, 1.54) is 30.9 Å². The number of halogens is 2. The van der Waals surface area contributed by atoms with Crippen molar-refractivity contribution in [1.29, 1.82) is 0 Å². The first kappa shape index (κ1) is 63.1. The molecule has 12 nitrogen and oxygen atoms in total. The van der Waals surface area contributed by atoms with Crippen LogP contribution >= 0.6 is 23.2 Å². The number of hydrogen-bond donors (Lipinski definition) is 4. The van der Waals surface area contributed by atoms with Crippen LogP contribution in [0.2, 0.25) is 23.4 Å². The van der Waals surface area contributed by atoms with Crippen LogP contribution in [-0.4, -0.2) is 106 Å². The molecule has 3 aromatic carbocycles. The number of rotatable bonds is 20. The van der Waals surface area contributed by atoms with Crippen LogP contribution in [0.25, 0.3) is 0 Å². The van der Waals surface area contributed by atoms with Gasteiger partial charge in [-0.25, -0.2) is 0 Å². The van der Waals surface area contributed by atoms with Gasteiger partial charge in [0.15, 0.2) is 18.1 Å². The summed E-state index contributed by atoms with van der Waals surface area (Å²) in [4.78, 5) is 73.1. The number of hydrogen-bond acceptors (Lipinski definition) is 9. The van der Waals surface area contributed by atoms with Crippen molar-refractivity contribution in [2.75, 3.05) is 13.7 Å². The molecule has 0 fully saturated rings. The van der Waals surface area contributed by atoms with Gasteiger partial charge in [0.05, 0.1) is 10.0 Å². The van der Waals surface area contributed by atoms with E-state index >= 15 is 0 Å². The van der Waals surface area contributed by atoms with Crippen LogP contribution in [0.4, 0.5) is 0 Å². The predicted octanol–water partition coefficient (Wildman–Crippen LogP) is 11.9. The van der Waals surface area contributed by atoms with Crippen LogP contribution in [0.5, 0.6) is 5.75 Å². The number of aliphatic hydroxyl groups excluding tert-OH is 1. The number of carbonyl (C=O) groups is 5. The van der Waals surface area contributed by atoms with Crippen molar-refractivity contribution < 1.29 is 43.7 Å². The Morgan fingerprint density at radius 3 is 1.97 bits per heavy atom. The van der Waals surface area contributed by atoms with Crippen LogP contribution in [0.15, 0.2) is 106 Å². The SMILES string of the molecule is CCC[CH2][Sn]([CH2]CCC)([CH2]CCC)/[C]1=C\C=C\[C@@H](C)[C@@H](c2ccccc2)OC(=O)[C@H](C(C)(C)O)NC(=O)[C@@H](Cc2cc(Cl)c(OCC(=O)c3ccccc3)c(Cl)c2)NC(=O)[C@H]([C@@H](C)CC)N(C)C(=O)/C(C)=C/C[C@H]1O. The quantitative estimate of drug-likeness (QED) is 0.0488. The average Bonchev–Trinajstić information content (AvgIpc) is 3.38. The Kier molecular flexibility index (Phi) is 25.6. The van der Waals surface area contributed by atoms with Gasteiger partial charge in [-0.15, -0.1) is 0 Å². The van der Waals surface area contributed by atoms with E-state index in [-0.39, 0.29) is 41.0 Å². The van der Waals surface area contributed by atoms with Crippen molar-refractivity contribution in [3.63, 3.8) is 0 Å². The minimum atomic E-state index is -3.36. The number of likely N-dealkylation sites (N-methyl/N-ethyl adjacent to an activating group) is 1. The van der Waals surface area contributed by atoms with Gasteiger partial charge in [0, 0.05) is 5.56 Å². The molecule has 0 bridgehead atoms. The summed E-state index contributed by atoms with van der Waals surface area (Å²) in [5.41, 5.74) is -0.00207. The number of unbranched alkanes of at least 4 members (excludes halogenated alkanes) is 3. The number of carbonyl (C=O) groups excluding carboxylic acids is 5. The molecule has 1 aliphatic heterocycles. The zero-order valence-electron chi connectivity index (χ0n) is 45.9. The third kappa shape index (κ3) is 18.1. The molecule has 75 heavy (non-hydrogen) atoms. The maximum absolute atomic E-state index is 14.8. The van der Waals surface area contributed by atoms with E-state index in [1.54, 1.807) is 50.4 Å². The van der Waals surface area contributed by atoms with Gasteiger partial charge in [0.25, 0.3) is 0 Å². The summed E-state index contributed by atoms with van der Waals surface area (Å²) in [7, 11) is 1.56. The molecule has 410 valence electrons. The molecule has 3 amide bonds. The van der Waals surface area contributed by atoms with Crippen molar-refractivity contribution in [2.45, 2.75) is 169 Å². The summed E-state index contributed by atoms with van der Waals surface area (Å²) in [5, 5.41) is 29.8. The molecule has 0 unspecified atom stereocenters. The number of allylic oxidation sites excluding steroid dienone is 2. The molecule has 0 radical (unpaired) electrons. The summed E-state index contributed by atoms with van der Waals surface area (Å²) >= 11 is 10.1.